The Labute approximate surface area is 117 Å². The van der Waals surface area contributed by atoms with Crippen molar-refractivity contribution in [2.45, 2.75) is 44.6 Å². The Morgan fingerprint density at radius 1 is 1.00 bits per heavy atom. The van der Waals surface area contributed by atoms with Crippen molar-refractivity contribution < 1.29 is 0 Å². The van der Waals surface area contributed by atoms with Crippen molar-refractivity contribution in [1.29, 1.82) is 0 Å². The van der Waals surface area contributed by atoms with Crippen molar-refractivity contribution in [2.75, 3.05) is 26.2 Å². The molecule has 0 saturated carbocycles. The van der Waals surface area contributed by atoms with Crippen LogP contribution in [0.15, 0.2) is 24.3 Å². The van der Waals surface area contributed by atoms with Crippen LogP contribution >= 0.6 is 0 Å². The monoisotopic (exact) mass is 258 g/mol. The topological polar surface area (TPSA) is 15.3 Å². The number of nitrogens with one attached hydrogen (secondary N) is 1. The minimum atomic E-state index is 0.546. The minimum absolute atomic E-state index is 0.546. The normalized spacial score (nSPS) is 25.4. The van der Waals surface area contributed by atoms with Gasteiger partial charge in [-0.05, 0) is 50.0 Å². The lowest BCUT2D eigenvalue weighted by Crippen LogP contribution is -2.40. The zero-order valence-electron chi connectivity index (χ0n) is 11.9. The van der Waals surface area contributed by atoms with Crippen LogP contribution in [-0.4, -0.2) is 31.1 Å². The van der Waals surface area contributed by atoms with Gasteiger partial charge in [-0.25, -0.2) is 0 Å². The van der Waals surface area contributed by atoms with Gasteiger partial charge >= 0.3 is 0 Å². The van der Waals surface area contributed by atoms with Crippen LogP contribution in [0.2, 0.25) is 0 Å². The maximum absolute atomic E-state index is 3.72. The van der Waals surface area contributed by atoms with Gasteiger partial charge in [-0.3, -0.25) is 0 Å². The summed E-state index contributed by atoms with van der Waals surface area (Å²) in [5.74, 6) is 0. The van der Waals surface area contributed by atoms with Crippen molar-refractivity contribution in [3.8, 4) is 0 Å². The second-order valence-electron chi connectivity index (χ2n) is 6.02. The summed E-state index contributed by atoms with van der Waals surface area (Å²) < 4.78 is 0. The molecule has 0 spiro atoms. The van der Waals surface area contributed by atoms with Crippen LogP contribution < -0.4 is 5.32 Å². The first-order valence-corrected chi connectivity index (χ1v) is 7.97. The predicted octanol–water partition coefficient (Wildman–Crippen LogP) is 3.14. The van der Waals surface area contributed by atoms with Crippen molar-refractivity contribution in [3.05, 3.63) is 35.4 Å². The van der Waals surface area contributed by atoms with Gasteiger partial charge in [0.2, 0.25) is 0 Å². The van der Waals surface area contributed by atoms with E-state index in [9.17, 15) is 0 Å². The number of hydrogen-bond acceptors (Lipinski definition) is 2. The van der Waals surface area contributed by atoms with Gasteiger partial charge in [0.1, 0.15) is 0 Å². The maximum atomic E-state index is 3.72. The summed E-state index contributed by atoms with van der Waals surface area (Å²) in [5, 5.41) is 3.72. The fraction of sp³-hybridized carbons (Fsp3) is 0.647. The molecule has 1 aromatic rings. The average molecular weight is 258 g/mol. The molecular formula is C17H26N2. The molecule has 3 rings (SSSR count). The van der Waals surface area contributed by atoms with Gasteiger partial charge in [0.25, 0.3) is 0 Å². The highest BCUT2D eigenvalue weighted by Gasteiger charge is 2.21. The molecule has 0 unspecified atom stereocenters. The van der Waals surface area contributed by atoms with Crippen LogP contribution in [0, 0.1) is 0 Å². The molecule has 0 radical (unpaired) electrons. The summed E-state index contributed by atoms with van der Waals surface area (Å²) >= 11 is 0. The van der Waals surface area contributed by atoms with Crippen molar-refractivity contribution in [1.82, 2.24) is 10.2 Å². The highest BCUT2D eigenvalue weighted by molar-refractivity contribution is 5.32. The Bertz CT molecular complexity index is 394. The third-order valence-electron chi connectivity index (χ3n) is 4.61. The molecule has 104 valence electrons. The Balaban J connectivity index is 1.66. The molecule has 1 aromatic carbocycles. The van der Waals surface area contributed by atoms with E-state index in [1.165, 1.54) is 63.7 Å². The summed E-state index contributed by atoms with van der Waals surface area (Å²) in [4.78, 5) is 2.68. The zero-order chi connectivity index (χ0) is 12.9. The van der Waals surface area contributed by atoms with Crippen molar-refractivity contribution in [2.24, 2.45) is 0 Å². The van der Waals surface area contributed by atoms with Crippen LogP contribution in [0.5, 0.6) is 0 Å². The predicted molar refractivity (Wildman–Crippen MR) is 80.4 cm³/mol. The lowest BCUT2D eigenvalue weighted by Gasteiger charge is -2.33. The highest BCUT2D eigenvalue weighted by Crippen LogP contribution is 2.24. The first-order chi connectivity index (χ1) is 9.43. The number of likely N-dealkylation sites (tertiary alicyclic amines) is 1. The molecule has 0 aromatic heterocycles. The van der Waals surface area contributed by atoms with Gasteiger partial charge in [0.05, 0.1) is 0 Å². The lowest BCUT2D eigenvalue weighted by molar-refractivity contribution is 0.219. The van der Waals surface area contributed by atoms with E-state index in [4.69, 9.17) is 0 Å². The molecule has 1 N–H and O–H groups in total. The summed E-state index contributed by atoms with van der Waals surface area (Å²) in [6.07, 6.45) is 8.24. The molecule has 0 bridgehead atoms. The first-order valence-electron chi connectivity index (χ1n) is 7.97. The van der Waals surface area contributed by atoms with E-state index in [2.05, 4.69) is 34.5 Å². The van der Waals surface area contributed by atoms with Crippen LogP contribution in [0.1, 0.15) is 49.3 Å². The fourth-order valence-electron chi connectivity index (χ4n) is 3.51. The second kappa shape index (κ2) is 6.53. The standard InChI is InChI=1S/C17H26N2/c1-2-6-12-19(13-7-3-1)14-17-16-9-5-4-8-15(16)10-11-18-17/h4-5,8-9,17-18H,1-3,6-7,10-14H2/t17-/m1/s1. The number of fused-ring (bicyclic) bond motifs is 1. The first kappa shape index (κ1) is 13.1. The minimum Gasteiger partial charge on any atom is -0.309 e. The third kappa shape index (κ3) is 3.37. The number of hydrogen-bond donors (Lipinski definition) is 1. The van der Waals surface area contributed by atoms with E-state index < -0.39 is 0 Å². The quantitative estimate of drug-likeness (QED) is 0.876. The van der Waals surface area contributed by atoms with Gasteiger partial charge in [0.15, 0.2) is 0 Å². The Hall–Kier alpha value is -0.860. The van der Waals surface area contributed by atoms with E-state index in [1.807, 2.05) is 0 Å². The molecule has 2 aliphatic heterocycles. The molecule has 1 saturated heterocycles. The SMILES string of the molecule is c1ccc2c(c1)CCN[C@@H]2CN1CCCCCCC1. The fourth-order valence-corrected chi connectivity index (χ4v) is 3.51. The Kier molecular flexibility index (Phi) is 4.52. The molecule has 1 fully saturated rings. The summed E-state index contributed by atoms with van der Waals surface area (Å²) in [6.45, 7) is 4.91. The van der Waals surface area contributed by atoms with Crippen molar-refractivity contribution >= 4 is 0 Å². The smallest absolute Gasteiger partial charge is 0.0452 e. The number of benzene rings is 1. The third-order valence-corrected chi connectivity index (χ3v) is 4.61. The zero-order valence-corrected chi connectivity index (χ0v) is 11.9. The van der Waals surface area contributed by atoms with E-state index in [1.54, 1.807) is 5.56 Å². The lowest BCUT2D eigenvalue weighted by atomic mass is 9.94. The van der Waals surface area contributed by atoms with Crippen LogP contribution in [0.4, 0.5) is 0 Å². The summed E-state index contributed by atoms with van der Waals surface area (Å²) in [7, 11) is 0. The molecule has 0 amide bonds. The van der Waals surface area contributed by atoms with Gasteiger partial charge < -0.3 is 10.2 Å². The molecule has 2 heteroatoms. The van der Waals surface area contributed by atoms with Crippen LogP contribution in [-0.2, 0) is 6.42 Å². The van der Waals surface area contributed by atoms with Crippen LogP contribution in [0.3, 0.4) is 0 Å². The van der Waals surface area contributed by atoms with Crippen LogP contribution in [0.25, 0.3) is 0 Å². The maximum Gasteiger partial charge on any atom is 0.0452 e. The van der Waals surface area contributed by atoms with E-state index >= 15 is 0 Å². The van der Waals surface area contributed by atoms with Gasteiger partial charge in [0, 0.05) is 12.6 Å². The molecule has 2 heterocycles. The second-order valence-corrected chi connectivity index (χ2v) is 6.02. The number of nitrogens with zero attached hydrogens (tertiary/aromatic N) is 1. The number of rotatable bonds is 2. The van der Waals surface area contributed by atoms with E-state index in [-0.39, 0.29) is 0 Å². The van der Waals surface area contributed by atoms with Gasteiger partial charge in [-0.2, -0.15) is 0 Å². The molecule has 2 nitrogen and oxygen atoms in total. The molecule has 19 heavy (non-hydrogen) atoms. The molecule has 2 aliphatic rings. The Morgan fingerprint density at radius 3 is 2.58 bits per heavy atom. The van der Waals surface area contributed by atoms with Crippen molar-refractivity contribution in [3.63, 3.8) is 0 Å². The Morgan fingerprint density at radius 2 is 1.74 bits per heavy atom. The summed E-state index contributed by atoms with van der Waals surface area (Å²) in [6, 6.07) is 9.53. The van der Waals surface area contributed by atoms with E-state index in [0.29, 0.717) is 6.04 Å². The molecule has 1 atom stereocenters. The van der Waals surface area contributed by atoms with E-state index in [0.717, 1.165) is 6.54 Å². The largest absolute Gasteiger partial charge is 0.309 e. The van der Waals surface area contributed by atoms with Gasteiger partial charge in [-0.1, -0.05) is 43.5 Å². The summed E-state index contributed by atoms with van der Waals surface area (Å²) in [5.41, 5.74) is 3.09. The average Bonchev–Trinajstić information content (AvgIpc) is 2.42. The highest BCUT2D eigenvalue weighted by atomic mass is 15.1. The van der Waals surface area contributed by atoms with Gasteiger partial charge in [-0.15, -0.1) is 0 Å². The molecule has 0 aliphatic carbocycles. The molecular weight excluding hydrogens is 232 g/mol.